The van der Waals surface area contributed by atoms with Crippen molar-refractivity contribution in [1.82, 2.24) is 10.2 Å². The minimum absolute atomic E-state index is 0.0299. The zero-order valence-corrected chi connectivity index (χ0v) is 10.8. The Bertz CT molecular complexity index is 458. The summed E-state index contributed by atoms with van der Waals surface area (Å²) in [4.78, 5) is 14.3. The molecule has 19 heavy (non-hydrogen) atoms. The molecule has 5 nitrogen and oxygen atoms in total. The van der Waals surface area contributed by atoms with Crippen molar-refractivity contribution in [2.75, 3.05) is 39.4 Å². The minimum atomic E-state index is 0.0299. The molecule has 0 bridgehead atoms. The van der Waals surface area contributed by atoms with Gasteiger partial charge in [-0.3, -0.25) is 4.79 Å². The number of carbonyl (C=O) groups excluding carboxylic acids is 1. The maximum Gasteiger partial charge on any atom is 0.257 e. The second-order valence-corrected chi connectivity index (χ2v) is 4.79. The van der Waals surface area contributed by atoms with Crippen LogP contribution in [0.1, 0.15) is 10.4 Å². The summed E-state index contributed by atoms with van der Waals surface area (Å²) in [5, 5.41) is 3.28. The molecular weight excluding hydrogens is 244 g/mol. The number of morpholine rings is 1. The molecule has 1 N–H and O–H groups in total. The molecule has 2 aliphatic heterocycles. The van der Waals surface area contributed by atoms with E-state index in [0.29, 0.717) is 37.6 Å². The fourth-order valence-electron chi connectivity index (χ4n) is 2.46. The molecule has 0 aromatic heterocycles. The Morgan fingerprint density at radius 1 is 1.32 bits per heavy atom. The summed E-state index contributed by atoms with van der Waals surface area (Å²) in [6.07, 6.45) is 0.0722. The van der Waals surface area contributed by atoms with Gasteiger partial charge in [-0.2, -0.15) is 0 Å². The van der Waals surface area contributed by atoms with E-state index in [0.717, 1.165) is 13.1 Å². The fraction of sp³-hybridized carbons (Fsp3) is 0.500. The van der Waals surface area contributed by atoms with Crippen molar-refractivity contribution in [3.8, 4) is 5.75 Å². The van der Waals surface area contributed by atoms with Crippen LogP contribution in [0.5, 0.6) is 5.75 Å². The average molecular weight is 262 g/mol. The van der Waals surface area contributed by atoms with Crippen LogP contribution < -0.4 is 10.1 Å². The topological polar surface area (TPSA) is 50.8 Å². The van der Waals surface area contributed by atoms with Crippen molar-refractivity contribution in [2.45, 2.75) is 6.10 Å². The van der Waals surface area contributed by atoms with E-state index in [1.165, 1.54) is 0 Å². The molecule has 0 spiro atoms. The molecule has 3 rings (SSSR count). The van der Waals surface area contributed by atoms with Crippen LogP contribution >= 0.6 is 0 Å². The smallest absolute Gasteiger partial charge is 0.257 e. The molecule has 5 heteroatoms. The van der Waals surface area contributed by atoms with Crippen molar-refractivity contribution in [2.24, 2.45) is 0 Å². The molecule has 102 valence electrons. The summed E-state index contributed by atoms with van der Waals surface area (Å²) in [6, 6.07) is 7.41. The fourth-order valence-corrected chi connectivity index (χ4v) is 2.46. The molecule has 1 saturated heterocycles. The number of fused-ring (bicyclic) bond motifs is 1. The van der Waals surface area contributed by atoms with Crippen LogP contribution in [0.3, 0.4) is 0 Å². The van der Waals surface area contributed by atoms with Crippen LogP contribution in [0.25, 0.3) is 0 Å². The van der Waals surface area contributed by atoms with Crippen LogP contribution in [0.15, 0.2) is 24.3 Å². The van der Waals surface area contributed by atoms with Crippen LogP contribution in [0.4, 0.5) is 0 Å². The van der Waals surface area contributed by atoms with Crippen LogP contribution in [0, 0.1) is 0 Å². The van der Waals surface area contributed by atoms with E-state index in [4.69, 9.17) is 9.47 Å². The van der Waals surface area contributed by atoms with Crippen LogP contribution in [-0.4, -0.2) is 56.3 Å². The summed E-state index contributed by atoms with van der Waals surface area (Å²) in [5.74, 6) is 0.708. The Morgan fingerprint density at radius 2 is 2.21 bits per heavy atom. The summed E-state index contributed by atoms with van der Waals surface area (Å²) < 4.78 is 11.3. The SMILES string of the molecule is O=C1c2ccccc2OCCN1CC1CNCCO1. The quantitative estimate of drug-likeness (QED) is 0.843. The second-order valence-electron chi connectivity index (χ2n) is 4.79. The van der Waals surface area contributed by atoms with Gasteiger partial charge in [-0.1, -0.05) is 12.1 Å². The lowest BCUT2D eigenvalue weighted by Gasteiger charge is -2.29. The third-order valence-corrected chi connectivity index (χ3v) is 3.45. The predicted octanol–water partition coefficient (Wildman–Crippen LogP) is 0.510. The molecule has 2 heterocycles. The molecule has 0 aliphatic carbocycles. The highest BCUT2D eigenvalue weighted by molar-refractivity contribution is 5.97. The molecule has 1 aromatic rings. The van der Waals surface area contributed by atoms with Crippen molar-refractivity contribution in [1.29, 1.82) is 0 Å². The van der Waals surface area contributed by atoms with E-state index in [1.807, 2.05) is 29.2 Å². The van der Waals surface area contributed by atoms with Gasteiger partial charge in [-0.05, 0) is 12.1 Å². The lowest BCUT2D eigenvalue weighted by Crippen LogP contribution is -2.47. The van der Waals surface area contributed by atoms with Gasteiger partial charge in [0.15, 0.2) is 0 Å². The Hall–Kier alpha value is -1.59. The lowest BCUT2D eigenvalue weighted by atomic mass is 10.1. The Kier molecular flexibility index (Phi) is 3.66. The summed E-state index contributed by atoms with van der Waals surface area (Å²) in [6.45, 7) is 4.14. The van der Waals surface area contributed by atoms with Gasteiger partial charge >= 0.3 is 0 Å². The highest BCUT2D eigenvalue weighted by Gasteiger charge is 2.26. The standard InChI is InChI=1S/C14H18N2O3/c17-14-12-3-1-2-4-13(12)19-8-6-16(14)10-11-9-15-5-7-18-11/h1-4,11,15H,5-10H2. The van der Waals surface area contributed by atoms with Gasteiger partial charge in [0.1, 0.15) is 12.4 Å². The molecule has 1 atom stereocenters. The largest absolute Gasteiger partial charge is 0.491 e. The number of carbonyl (C=O) groups is 1. The monoisotopic (exact) mass is 262 g/mol. The number of amides is 1. The number of para-hydroxylation sites is 1. The van der Waals surface area contributed by atoms with Crippen LogP contribution in [-0.2, 0) is 4.74 Å². The van der Waals surface area contributed by atoms with Gasteiger partial charge < -0.3 is 19.7 Å². The normalized spacial score (nSPS) is 23.5. The number of rotatable bonds is 2. The van der Waals surface area contributed by atoms with E-state index in [1.54, 1.807) is 0 Å². The average Bonchev–Trinajstić information content (AvgIpc) is 2.61. The third-order valence-electron chi connectivity index (χ3n) is 3.45. The number of hydrogen-bond donors (Lipinski definition) is 1. The highest BCUT2D eigenvalue weighted by atomic mass is 16.5. The Balaban J connectivity index is 1.74. The zero-order valence-electron chi connectivity index (χ0n) is 10.8. The molecule has 1 unspecified atom stereocenters. The van der Waals surface area contributed by atoms with Gasteiger partial charge in [0, 0.05) is 19.6 Å². The first kappa shape index (κ1) is 12.4. The molecular formula is C14H18N2O3. The highest BCUT2D eigenvalue weighted by Crippen LogP contribution is 2.22. The minimum Gasteiger partial charge on any atom is -0.491 e. The van der Waals surface area contributed by atoms with E-state index < -0.39 is 0 Å². The summed E-state index contributed by atoms with van der Waals surface area (Å²) >= 11 is 0. The zero-order chi connectivity index (χ0) is 13.1. The Labute approximate surface area is 112 Å². The molecule has 1 fully saturated rings. The number of nitrogens with one attached hydrogen (secondary N) is 1. The number of ether oxygens (including phenoxy) is 2. The number of benzene rings is 1. The number of nitrogens with zero attached hydrogens (tertiary/aromatic N) is 1. The van der Waals surface area contributed by atoms with E-state index in [2.05, 4.69) is 5.32 Å². The van der Waals surface area contributed by atoms with E-state index >= 15 is 0 Å². The summed E-state index contributed by atoms with van der Waals surface area (Å²) in [5.41, 5.74) is 0.642. The van der Waals surface area contributed by atoms with Crippen molar-refractivity contribution >= 4 is 5.91 Å². The predicted molar refractivity (Wildman–Crippen MR) is 70.5 cm³/mol. The summed E-state index contributed by atoms with van der Waals surface area (Å²) in [7, 11) is 0. The van der Waals surface area contributed by atoms with E-state index in [-0.39, 0.29) is 12.0 Å². The first-order valence-electron chi connectivity index (χ1n) is 6.68. The molecule has 0 radical (unpaired) electrons. The maximum atomic E-state index is 12.5. The van der Waals surface area contributed by atoms with Crippen molar-refractivity contribution < 1.29 is 14.3 Å². The van der Waals surface area contributed by atoms with Crippen molar-refractivity contribution in [3.63, 3.8) is 0 Å². The molecule has 2 aliphatic rings. The van der Waals surface area contributed by atoms with Crippen molar-refractivity contribution in [3.05, 3.63) is 29.8 Å². The van der Waals surface area contributed by atoms with E-state index in [9.17, 15) is 4.79 Å². The van der Waals surface area contributed by atoms with Gasteiger partial charge in [0.2, 0.25) is 0 Å². The lowest BCUT2D eigenvalue weighted by molar-refractivity contribution is 0.00577. The van der Waals surface area contributed by atoms with Gasteiger partial charge in [0.05, 0.1) is 24.8 Å². The van der Waals surface area contributed by atoms with Gasteiger partial charge in [-0.15, -0.1) is 0 Å². The van der Waals surface area contributed by atoms with Crippen LogP contribution in [0.2, 0.25) is 0 Å². The first-order chi connectivity index (χ1) is 9.34. The van der Waals surface area contributed by atoms with Gasteiger partial charge in [0.25, 0.3) is 5.91 Å². The third kappa shape index (κ3) is 2.72. The number of hydrogen-bond acceptors (Lipinski definition) is 4. The molecule has 1 aromatic carbocycles. The molecule has 1 amide bonds. The second kappa shape index (κ2) is 5.59. The van der Waals surface area contributed by atoms with Gasteiger partial charge in [-0.25, -0.2) is 0 Å². The first-order valence-corrected chi connectivity index (χ1v) is 6.68. The molecule has 0 saturated carbocycles. The maximum absolute atomic E-state index is 12.5. The Morgan fingerprint density at radius 3 is 3.05 bits per heavy atom.